The van der Waals surface area contributed by atoms with Crippen LogP contribution in [0, 0.1) is 0 Å². The van der Waals surface area contributed by atoms with Crippen molar-refractivity contribution in [1.29, 1.82) is 0 Å². The monoisotopic (exact) mass is 285 g/mol. The Morgan fingerprint density at radius 3 is 2.28 bits per heavy atom. The van der Waals surface area contributed by atoms with Gasteiger partial charge in [-0.15, -0.1) is 0 Å². The molecule has 1 heterocycles. The Morgan fingerprint density at radius 1 is 1.22 bits per heavy atom. The highest BCUT2D eigenvalue weighted by atomic mass is 32.2. The Kier molecular flexibility index (Phi) is 3.72. The first-order chi connectivity index (χ1) is 8.46. The van der Waals surface area contributed by atoms with Crippen LogP contribution in [0.15, 0.2) is 24.3 Å². The molecule has 0 radical (unpaired) electrons. The van der Waals surface area contributed by atoms with Gasteiger partial charge >= 0.3 is 0 Å². The number of nitrogens with one attached hydrogen (secondary N) is 1. The summed E-state index contributed by atoms with van der Waals surface area (Å²) in [6, 6.07) is 7.60. The Balaban J connectivity index is 2.04. The van der Waals surface area contributed by atoms with Gasteiger partial charge in [0, 0.05) is 24.5 Å². The van der Waals surface area contributed by atoms with E-state index in [0.717, 1.165) is 11.4 Å². The molecule has 0 spiro atoms. The molecule has 18 heavy (non-hydrogen) atoms. The molecule has 0 saturated carbocycles. The lowest BCUT2D eigenvalue weighted by Gasteiger charge is -2.28. The fourth-order valence-corrected chi connectivity index (χ4v) is 3.19. The Hall–Kier alpha value is -1.34. The lowest BCUT2D eigenvalue weighted by Crippen LogP contribution is -2.40. The van der Waals surface area contributed by atoms with Crippen molar-refractivity contribution in [3.8, 4) is 0 Å². The number of hydrogen-bond acceptors (Lipinski definition) is 4. The van der Waals surface area contributed by atoms with Crippen LogP contribution in [0.25, 0.3) is 0 Å². The van der Waals surface area contributed by atoms with Crippen molar-refractivity contribution in [3.63, 3.8) is 0 Å². The maximum absolute atomic E-state index is 11.3. The van der Waals surface area contributed by atoms with Crippen LogP contribution in [0.4, 0.5) is 11.4 Å². The zero-order valence-corrected chi connectivity index (χ0v) is 11.4. The molecule has 1 saturated heterocycles. The first kappa shape index (κ1) is 13.1. The Morgan fingerprint density at radius 2 is 1.78 bits per heavy atom. The van der Waals surface area contributed by atoms with Gasteiger partial charge in [0.05, 0.1) is 11.5 Å². The fraction of sp³-hybridized carbons (Fsp3) is 0.364. The summed E-state index contributed by atoms with van der Waals surface area (Å²) >= 11 is 4.75. The molecule has 0 bridgehead atoms. The van der Waals surface area contributed by atoms with E-state index in [4.69, 9.17) is 18.0 Å². The van der Waals surface area contributed by atoms with Gasteiger partial charge in [0.15, 0.2) is 14.9 Å². The van der Waals surface area contributed by atoms with Crippen molar-refractivity contribution in [2.75, 3.05) is 34.8 Å². The Labute approximate surface area is 112 Å². The number of benzene rings is 1. The fourth-order valence-electron chi connectivity index (χ4n) is 1.87. The molecule has 0 atom stereocenters. The van der Waals surface area contributed by atoms with E-state index in [0.29, 0.717) is 13.1 Å². The summed E-state index contributed by atoms with van der Waals surface area (Å²) in [5.74, 6) is 0.444. The van der Waals surface area contributed by atoms with E-state index in [9.17, 15) is 8.42 Å². The van der Waals surface area contributed by atoms with Gasteiger partial charge < -0.3 is 16.0 Å². The van der Waals surface area contributed by atoms with E-state index in [-0.39, 0.29) is 16.6 Å². The average molecular weight is 285 g/mol. The van der Waals surface area contributed by atoms with Crippen LogP contribution in [-0.4, -0.2) is 38.1 Å². The first-order valence-corrected chi connectivity index (χ1v) is 7.81. The minimum absolute atomic E-state index is 0.222. The van der Waals surface area contributed by atoms with Crippen molar-refractivity contribution >= 4 is 38.5 Å². The third kappa shape index (κ3) is 3.33. The third-order valence-corrected chi connectivity index (χ3v) is 4.56. The summed E-state index contributed by atoms with van der Waals surface area (Å²) in [7, 11) is -2.84. The van der Waals surface area contributed by atoms with Gasteiger partial charge in [0.25, 0.3) is 0 Å². The number of sulfone groups is 1. The maximum atomic E-state index is 11.3. The second-order valence-corrected chi connectivity index (χ2v) is 6.92. The van der Waals surface area contributed by atoms with E-state index in [1.54, 1.807) is 0 Å². The molecule has 1 aliphatic heterocycles. The summed E-state index contributed by atoms with van der Waals surface area (Å²) in [5, 5.41) is 3.07. The molecule has 3 N–H and O–H groups in total. The second-order valence-electron chi connectivity index (χ2n) is 4.17. The molecule has 7 heteroatoms. The topological polar surface area (TPSA) is 75.4 Å². The van der Waals surface area contributed by atoms with Crippen LogP contribution in [-0.2, 0) is 9.84 Å². The maximum Gasteiger partial charge on any atom is 0.168 e. The highest BCUT2D eigenvalue weighted by Gasteiger charge is 2.21. The largest absolute Gasteiger partial charge is 0.376 e. The SMILES string of the molecule is NC(=S)Nc1ccc(N2CCS(=O)(=O)CC2)cc1. The number of anilines is 2. The highest BCUT2D eigenvalue weighted by molar-refractivity contribution is 7.91. The van der Waals surface area contributed by atoms with Crippen LogP contribution < -0.4 is 16.0 Å². The summed E-state index contributed by atoms with van der Waals surface area (Å²) in [5.41, 5.74) is 7.22. The van der Waals surface area contributed by atoms with Gasteiger partial charge in [-0.05, 0) is 36.5 Å². The van der Waals surface area contributed by atoms with E-state index in [1.807, 2.05) is 24.3 Å². The summed E-state index contributed by atoms with van der Waals surface area (Å²) in [6.45, 7) is 1.09. The van der Waals surface area contributed by atoms with Gasteiger partial charge in [0.1, 0.15) is 0 Å². The summed E-state index contributed by atoms with van der Waals surface area (Å²) in [4.78, 5) is 2.06. The molecular formula is C11H15N3O2S2. The van der Waals surface area contributed by atoms with Crippen LogP contribution in [0.5, 0.6) is 0 Å². The number of rotatable bonds is 2. The van der Waals surface area contributed by atoms with Crippen molar-refractivity contribution in [3.05, 3.63) is 24.3 Å². The molecule has 5 nitrogen and oxygen atoms in total. The van der Waals surface area contributed by atoms with Crippen molar-refractivity contribution in [2.24, 2.45) is 5.73 Å². The predicted molar refractivity (Wildman–Crippen MR) is 77.7 cm³/mol. The van der Waals surface area contributed by atoms with Gasteiger partial charge in [-0.2, -0.15) is 0 Å². The molecule has 1 aliphatic rings. The van der Waals surface area contributed by atoms with Gasteiger partial charge in [-0.3, -0.25) is 0 Å². The smallest absolute Gasteiger partial charge is 0.168 e. The average Bonchev–Trinajstić information content (AvgIpc) is 2.30. The minimum atomic E-state index is -2.84. The van der Waals surface area contributed by atoms with Crippen LogP contribution in [0.2, 0.25) is 0 Å². The number of nitrogens with zero attached hydrogens (tertiary/aromatic N) is 1. The molecule has 0 amide bonds. The molecule has 1 aromatic carbocycles. The predicted octanol–water partition coefficient (Wildman–Crippen LogP) is 0.577. The van der Waals surface area contributed by atoms with E-state index in [2.05, 4.69) is 10.2 Å². The summed E-state index contributed by atoms with van der Waals surface area (Å²) < 4.78 is 22.7. The van der Waals surface area contributed by atoms with E-state index < -0.39 is 9.84 Å². The van der Waals surface area contributed by atoms with Crippen molar-refractivity contribution in [1.82, 2.24) is 0 Å². The third-order valence-electron chi connectivity index (χ3n) is 2.84. The van der Waals surface area contributed by atoms with E-state index in [1.165, 1.54) is 0 Å². The molecule has 0 aromatic heterocycles. The molecule has 0 unspecified atom stereocenters. The molecule has 0 aliphatic carbocycles. The van der Waals surface area contributed by atoms with Crippen LogP contribution in [0.3, 0.4) is 0 Å². The highest BCUT2D eigenvalue weighted by Crippen LogP contribution is 2.19. The van der Waals surface area contributed by atoms with Gasteiger partial charge in [-0.1, -0.05) is 0 Å². The molecule has 2 rings (SSSR count). The zero-order valence-electron chi connectivity index (χ0n) is 9.80. The molecule has 1 fully saturated rings. The van der Waals surface area contributed by atoms with Crippen LogP contribution in [0.1, 0.15) is 0 Å². The van der Waals surface area contributed by atoms with Crippen molar-refractivity contribution < 1.29 is 8.42 Å². The van der Waals surface area contributed by atoms with E-state index >= 15 is 0 Å². The molecule has 1 aromatic rings. The number of thiocarbonyl (C=S) groups is 1. The summed E-state index contributed by atoms with van der Waals surface area (Å²) in [6.07, 6.45) is 0. The minimum Gasteiger partial charge on any atom is -0.376 e. The first-order valence-electron chi connectivity index (χ1n) is 5.58. The van der Waals surface area contributed by atoms with Crippen molar-refractivity contribution in [2.45, 2.75) is 0 Å². The normalized spacial score (nSPS) is 18.3. The van der Waals surface area contributed by atoms with Gasteiger partial charge in [0.2, 0.25) is 0 Å². The van der Waals surface area contributed by atoms with Gasteiger partial charge in [-0.25, -0.2) is 8.42 Å². The zero-order chi connectivity index (χ0) is 13.2. The number of nitrogens with two attached hydrogens (primary N) is 1. The lowest BCUT2D eigenvalue weighted by atomic mass is 10.2. The quantitative estimate of drug-likeness (QED) is 0.774. The lowest BCUT2D eigenvalue weighted by molar-refractivity contribution is 0.587. The molecular weight excluding hydrogens is 270 g/mol. The second kappa shape index (κ2) is 5.11. The Bertz CT molecular complexity index is 526. The number of hydrogen-bond donors (Lipinski definition) is 2. The standard InChI is InChI=1S/C11H15N3O2S2/c12-11(17)13-9-1-3-10(4-2-9)14-5-7-18(15,16)8-6-14/h1-4H,5-8H2,(H3,12,13,17). The molecule has 98 valence electrons. The van der Waals surface area contributed by atoms with Crippen LogP contribution >= 0.6 is 12.2 Å².